The molecule has 0 aliphatic carbocycles. The maximum Gasteiger partial charge on any atom is 0.314 e. The van der Waals surface area contributed by atoms with Crippen LogP contribution in [0.2, 0.25) is 0 Å². The first-order valence-electron chi connectivity index (χ1n) is 2.95. The van der Waals surface area contributed by atoms with Crippen molar-refractivity contribution in [2.45, 2.75) is 0 Å². The van der Waals surface area contributed by atoms with Gasteiger partial charge in [0.1, 0.15) is 0 Å². The lowest BCUT2D eigenvalue weighted by Crippen LogP contribution is -2.37. The number of nitrogens with one attached hydrogen (secondary N) is 2. The van der Waals surface area contributed by atoms with Gasteiger partial charge in [-0.3, -0.25) is 0 Å². The Morgan fingerprint density at radius 2 is 1.50 bits per heavy atom. The Morgan fingerprint density at radius 3 is 1.80 bits per heavy atom. The lowest BCUT2D eigenvalue weighted by Gasteiger charge is -2.02. The molecule has 2 N–H and O–H groups in total. The number of alkyl halides is 2. The topological polar surface area (TPSA) is 41.1 Å². The molecule has 0 rings (SSSR count). The van der Waals surface area contributed by atoms with E-state index in [9.17, 15) is 4.79 Å². The average molecular weight is 274 g/mol. The first-order valence-corrected chi connectivity index (χ1v) is 5.19. The predicted molar refractivity (Wildman–Crippen MR) is 49.0 cm³/mol. The zero-order valence-corrected chi connectivity index (χ0v) is 8.66. The van der Waals surface area contributed by atoms with E-state index in [1.54, 1.807) is 0 Å². The molecule has 0 unspecified atom stereocenters. The zero-order chi connectivity index (χ0) is 7.82. The number of carbonyl (C=O) groups is 1. The molecular formula is C5H10Br2N2O. The third-order valence-electron chi connectivity index (χ3n) is 0.760. The van der Waals surface area contributed by atoms with Crippen molar-refractivity contribution >= 4 is 37.9 Å². The SMILES string of the molecule is O=C(NCCBr)NCCBr. The summed E-state index contributed by atoms with van der Waals surface area (Å²) in [5.41, 5.74) is 0. The van der Waals surface area contributed by atoms with Crippen molar-refractivity contribution in [1.82, 2.24) is 10.6 Å². The largest absolute Gasteiger partial charge is 0.337 e. The van der Waals surface area contributed by atoms with Crippen molar-refractivity contribution < 1.29 is 4.79 Å². The van der Waals surface area contributed by atoms with E-state index >= 15 is 0 Å². The Kier molecular flexibility index (Phi) is 7.51. The second kappa shape index (κ2) is 7.34. The van der Waals surface area contributed by atoms with E-state index < -0.39 is 0 Å². The molecule has 0 radical (unpaired) electrons. The van der Waals surface area contributed by atoms with Gasteiger partial charge in [0.25, 0.3) is 0 Å². The van der Waals surface area contributed by atoms with Crippen molar-refractivity contribution in [3.63, 3.8) is 0 Å². The molecule has 0 aromatic carbocycles. The maximum absolute atomic E-state index is 10.7. The third kappa shape index (κ3) is 6.35. The standard InChI is InChI=1S/C5H10Br2N2O/c6-1-3-8-5(10)9-4-2-7/h1-4H2,(H2,8,9,10). The first kappa shape index (κ1) is 10.2. The van der Waals surface area contributed by atoms with E-state index in [4.69, 9.17) is 0 Å². The summed E-state index contributed by atoms with van der Waals surface area (Å²) in [6, 6.07) is -0.112. The van der Waals surface area contributed by atoms with Crippen LogP contribution in [-0.2, 0) is 0 Å². The fraction of sp³-hybridized carbons (Fsp3) is 0.800. The van der Waals surface area contributed by atoms with E-state index in [2.05, 4.69) is 42.5 Å². The molecule has 0 fully saturated rings. The fourth-order valence-electron chi connectivity index (χ4n) is 0.384. The van der Waals surface area contributed by atoms with Gasteiger partial charge in [0.2, 0.25) is 0 Å². The van der Waals surface area contributed by atoms with Gasteiger partial charge >= 0.3 is 6.03 Å². The highest BCUT2D eigenvalue weighted by Crippen LogP contribution is 1.76. The van der Waals surface area contributed by atoms with E-state index in [0.717, 1.165) is 10.7 Å². The highest BCUT2D eigenvalue weighted by molar-refractivity contribution is 9.09. The normalized spacial score (nSPS) is 9.00. The molecule has 0 spiro atoms. The van der Waals surface area contributed by atoms with Crippen LogP contribution in [0.25, 0.3) is 0 Å². The van der Waals surface area contributed by atoms with Gasteiger partial charge < -0.3 is 10.6 Å². The summed E-state index contributed by atoms with van der Waals surface area (Å²) in [6.07, 6.45) is 0. The van der Waals surface area contributed by atoms with Crippen LogP contribution in [0.1, 0.15) is 0 Å². The number of urea groups is 1. The van der Waals surface area contributed by atoms with Crippen molar-refractivity contribution in [3.8, 4) is 0 Å². The smallest absolute Gasteiger partial charge is 0.314 e. The van der Waals surface area contributed by atoms with Crippen LogP contribution in [-0.4, -0.2) is 29.8 Å². The minimum atomic E-state index is -0.112. The summed E-state index contributed by atoms with van der Waals surface area (Å²) < 4.78 is 0. The highest BCUT2D eigenvalue weighted by Gasteiger charge is 1.94. The Hall–Kier alpha value is 0.230. The van der Waals surface area contributed by atoms with Gasteiger partial charge in [-0.1, -0.05) is 31.9 Å². The number of halogens is 2. The second-order valence-electron chi connectivity index (χ2n) is 1.56. The number of hydrogen-bond donors (Lipinski definition) is 2. The van der Waals surface area contributed by atoms with Crippen LogP contribution in [0.4, 0.5) is 4.79 Å². The third-order valence-corrected chi connectivity index (χ3v) is 1.55. The molecule has 0 bridgehead atoms. The summed E-state index contributed by atoms with van der Waals surface area (Å²) >= 11 is 6.39. The molecule has 0 heterocycles. The van der Waals surface area contributed by atoms with Gasteiger partial charge in [-0.05, 0) is 0 Å². The van der Waals surface area contributed by atoms with E-state index in [1.807, 2.05) is 0 Å². The molecule has 0 aromatic rings. The van der Waals surface area contributed by atoms with Gasteiger partial charge in [-0.25, -0.2) is 4.79 Å². The van der Waals surface area contributed by atoms with E-state index in [0.29, 0.717) is 13.1 Å². The van der Waals surface area contributed by atoms with Crippen LogP contribution in [0.3, 0.4) is 0 Å². The summed E-state index contributed by atoms with van der Waals surface area (Å²) in [7, 11) is 0. The predicted octanol–water partition coefficient (Wildman–Crippen LogP) is 1.08. The van der Waals surface area contributed by atoms with Crippen molar-refractivity contribution in [2.75, 3.05) is 23.7 Å². The molecule has 0 saturated carbocycles. The minimum Gasteiger partial charge on any atom is -0.337 e. The Morgan fingerprint density at radius 1 is 1.10 bits per heavy atom. The van der Waals surface area contributed by atoms with Crippen molar-refractivity contribution in [3.05, 3.63) is 0 Å². The summed E-state index contributed by atoms with van der Waals surface area (Å²) in [4.78, 5) is 10.7. The quantitative estimate of drug-likeness (QED) is 0.740. The fourth-order valence-corrected chi connectivity index (χ4v) is 0.781. The zero-order valence-electron chi connectivity index (χ0n) is 5.49. The first-order chi connectivity index (χ1) is 4.81. The second-order valence-corrected chi connectivity index (χ2v) is 3.15. The van der Waals surface area contributed by atoms with Crippen LogP contribution in [0.5, 0.6) is 0 Å². The Bertz CT molecular complexity index is 89.6. The van der Waals surface area contributed by atoms with Crippen molar-refractivity contribution in [2.24, 2.45) is 0 Å². The summed E-state index contributed by atoms with van der Waals surface area (Å²) in [5.74, 6) is 0. The van der Waals surface area contributed by atoms with Crippen LogP contribution in [0.15, 0.2) is 0 Å². The molecule has 0 atom stereocenters. The molecule has 10 heavy (non-hydrogen) atoms. The molecule has 60 valence electrons. The van der Waals surface area contributed by atoms with Gasteiger partial charge in [0.05, 0.1) is 0 Å². The Balaban J connectivity index is 3.09. The van der Waals surface area contributed by atoms with E-state index in [-0.39, 0.29) is 6.03 Å². The molecule has 0 aliphatic heterocycles. The molecule has 0 saturated heterocycles. The number of hydrogen-bond acceptors (Lipinski definition) is 1. The lowest BCUT2D eigenvalue weighted by atomic mass is 10.7. The molecule has 0 aliphatic rings. The highest BCUT2D eigenvalue weighted by atomic mass is 79.9. The van der Waals surface area contributed by atoms with Gasteiger partial charge in [0.15, 0.2) is 0 Å². The Labute approximate surface area is 77.2 Å². The average Bonchev–Trinajstić information content (AvgIpc) is 1.97. The summed E-state index contributed by atoms with van der Waals surface area (Å²) in [5, 5.41) is 6.87. The van der Waals surface area contributed by atoms with Gasteiger partial charge in [-0.2, -0.15) is 0 Å². The maximum atomic E-state index is 10.7. The summed E-state index contributed by atoms with van der Waals surface area (Å²) in [6.45, 7) is 1.32. The minimum absolute atomic E-state index is 0.112. The molecule has 5 heteroatoms. The van der Waals surface area contributed by atoms with Crippen LogP contribution >= 0.6 is 31.9 Å². The monoisotopic (exact) mass is 272 g/mol. The molecule has 2 amide bonds. The number of rotatable bonds is 4. The lowest BCUT2D eigenvalue weighted by molar-refractivity contribution is 0.242. The van der Waals surface area contributed by atoms with Crippen molar-refractivity contribution in [1.29, 1.82) is 0 Å². The van der Waals surface area contributed by atoms with Crippen LogP contribution in [0, 0.1) is 0 Å². The van der Waals surface area contributed by atoms with Gasteiger partial charge in [0, 0.05) is 23.7 Å². The number of carbonyl (C=O) groups excluding carboxylic acids is 1. The van der Waals surface area contributed by atoms with E-state index in [1.165, 1.54) is 0 Å². The molecule has 0 aromatic heterocycles. The molecular weight excluding hydrogens is 264 g/mol. The van der Waals surface area contributed by atoms with Gasteiger partial charge in [-0.15, -0.1) is 0 Å². The molecule has 3 nitrogen and oxygen atoms in total. The van der Waals surface area contributed by atoms with Crippen LogP contribution < -0.4 is 10.6 Å². The number of amides is 2.